The van der Waals surface area contributed by atoms with E-state index >= 15 is 0 Å². The molecule has 1 N–H and O–H groups in total. The molecule has 1 unspecified atom stereocenters. The molecule has 4 nitrogen and oxygen atoms in total. The van der Waals surface area contributed by atoms with Crippen molar-refractivity contribution in [2.45, 2.75) is 12.8 Å². The highest BCUT2D eigenvalue weighted by molar-refractivity contribution is 7.16. The van der Waals surface area contributed by atoms with E-state index in [1.54, 1.807) is 19.1 Å². The smallest absolute Gasteiger partial charge is 0.325 e. The van der Waals surface area contributed by atoms with Crippen molar-refractivity contribution in [1.29, 1.82) is 0 Å². The van der Waals surface area contributed by atoms with Gasteiger partial charge in [-0.2, -0.15) is 0 Å². The van der Waals surface area contributed by atoms with Crippen LogP contribution in [-0.2, 0) is 14.3 Å². The molecule has 1 rings (SSSR count). The largest absolute Gasteiger partial charge is 0.468 e. The summed E-state index contributed by atoms with van der Waals surface area (Å²) in [6.07, 6.45) is 0. The number of hydrogen-bond donors (Lipinski definition) is 1. The SMILES string of the molecule is COC(=O)CNC(=O)C(C)c1ccc(Cl)s1. The summed E-state index contributed by atoms with van der Waals surface area (Å²) in [6, 6.07) is 3.54. The minimum absolute atomic E-state index is 0.112. The summed E-state index contributed by atoms with van der Waals surface area (Å²) in [4.78, 5) is 23.3. The van der Waals surface area contributed by atoms with Crippen LogP contribution in [0, 0.1) is 0 Å². The lowest BCUT2D eigenvalue weighted by Gasteiger charge is -2.09. The fourth-order valence-corrected chi connectivity index (χ4v) is 2.19. The summed E-state index contributed by atoms with van der Waals surface area (Å²) in [7, 11) is 1.27. The molecule has 0 radical (unpaired) electrons. The van der Waals surface area contributed by atoms with Crippen molar-refractivity contribution in [3.8, 4) is 0 Å². The fraction of sp³-hybridized carbons (Fsp3) is 0.400. The van der Waals surface area contributed by atoms with Crippen LogP contribution in [-0.4, -0.2) is 25.5 Å². The second-order valence-corrected chi connectivity index (χ2v) is 4.90. The van der Waals surface area contributed by atoms with Crippen LogP contribution in [0.1, 0.15) is 17.7 Å². The monoisotopic (exact) mass is 261 g/mol. The van der Waals surface area contributed by atoms with Crippen LogP contribution < -0.4 is 5.32 Å². The van der Waals surface area contributed by atoms with Crippen LogP contribution in [0.4, 0.5) is 0 Å². The van der Waals surface area contributed by atoms with E-state index in [0.717, 1.165) is 4.88 Å². The van der Waals surface area contributed by atoms with Gasteiger partial charge in [-0.3, -0.25) is 9.59 Å². The number of nitrogens with one attached hydrogen (secondary N) is 1. The van der Waals surface area contributed by atoms with Gasteiger partial charge in [-0.25, -0.2) is 0 Å². The molecule has 0 saturated carbocycles. The standard InChI is InChI=1S/C10H12ClNO3S/c1-6(7-3-4-8(11)16-7)10(14)12-5-9(13)15-2/h3-4,6H,5H2,1-2H3,(H,12,14). The molecular weight excluding hydrogens is 250 g/mol. The first-order chi connectivity index (χ1) is 7.54. The van der Waals surface area contributed by atoms with E-state index in [1.165, 1.54) is 18.4 Å². The maximum absolute atomic E-state index is 11.6. The van der Waals surface area contributed by atoms with Gasteiger partial charge in [-0.05, 0) is 19.1 Å². The van der Waals surface area contributed by atoms with Gasteiger partial charge in [-0.1, -0.05) is 11.6 Å². The zero-order chi connectivity index (χ0) is 12.1. The normalized spacial score (nSPS) is 11.9. The minimum Gasteiger partial charge on any atom is -0.468 e. The van der Waals surface area contributed by atoms with Crippen LogP contribution in [0.3, 0.4) is 0 Å². The van der Waals surface area contributed by atoms with Crippen LogP contribution in [0.25, 0.3) is 0 Å². The Morgan fingerprint density at radius 3 is 2.75 bits per heavy atom. The van der Waals surface area contributed by atoms with Gasteiger partial charge in [0.1, 0.15) is 6.54 Å². The van der Waals surface area contributed by atoms with Crippen LogP contribution >= 0.6 is 22.9 Å². The van der Waals surface area contributed by atoms with Crippen LogP contribution in [0.5, 0.6) is 0 Å². The molecule has 0 fully saturated rings. The Morgan fingerprint density at radius 1 is 1.56 bits per heavy atom. The lowest BCUT2D eigenvalue weighted by atomic mass is 10.1. The van der Waals surface area contributed by atoms with E-state index in [1.807, 2.05) is 0 Å². The molecule has 1 aromatic rings. The molecule has 16 heavy (non-hydrogen) atoms. The van der Waals surface area contributed by atoms with Gasteiger partial charge in [0.2, 0.25) is 5.91 Å². The highest BCUT2D eigenvalue weighted by Crippen LogP contribution is 2.27. The van der Waals surface area contributed by atoms with Crippen molar-refractivity contribution >= 4 is 34.8 Å². The average Bonchev–Trinajstić information content (AvgIpc) is 2.71. The molecule has 0 aliphatic rings. The third-order valence-corrected chi connectivity index (χ3v) is 3.46. The van der Waals surface area contributed by atoms with Gasteiger partial charge >= 0.3 is 5.97 Å². The van der Waals surface area contributed by atoms with E-state index < -0.39 is 5.97 Å². The van der Waals surface area contributed by atoms with E-state index in [4.69, 9.17) is 11.6 Å². The van der Waals surface area contributed by atoms with Gasteiger partial charge < -0.3 is 10.1 Å². The fourth-order valence-electron chi connectivity index (χ4n) is 1.07. The van der Waals surface area contributed by atoms with Gasteiger partial charge in [0.05, 0.1) is 17.4 Å². The average molecular weight is 262 g/mol. The zero-order valence-electron chi connectivity index (χ0n) is 8.95. The number of rotatable bonds is 4. The Labute approximate surface area is 103 Å². The minimum atomic E-state index is -0.468. The highest BCUT2D eigenvalue weighted by Gasteiger charge is 2.17. The summed E-state index contributed by atoms with van der Waals surface area (Å²) >= 11 is 7.12. The van der Waals surface area contributed by atoms with Crippen molar-refractivity contribution < 1.29 is 14.3 Å². The van der Waals surface area contributed by atoms with E-state index in [9.17, 15) is 9.59 Å². The van der Waals surface area contributed by atoms with E-state index in [2.05, 4.69) is 10.1 Å². The predicted octanol–water partition coefficient (Wildman–Crippen LogP) is 1.79. The van der Waals surface area contributed by atoms with Crippen molar-refractivity contribution in [2.24, 2.45) is 0 Å². The molecule has 0 aliphatic heterocycles. The van der Waals surface area contributed by atoms with Gasteiger partial charge in [0, 0.05) is 4.88 Å². The Balaban J connectivity index is 2.51. The summed E-state index contributed by atoms with van der Waals surface area (Å²) in [5.41, 5.74) is 0. The molecule has 1 atom stereocenters. The number of carbonyl (C=O) groups excluding carboxylic acids is 2. The number of methoxy groups -OCH3 is 1. The summed E-state index contributed by atoms with van der Waals surface area (Å²) in [5.74, 6) is -1.00. The molecule has 1 aromatic heterocycles. The first kappa shape index (κ1) is 13.0. The summed E-state index contributed by atoms with van der Waals surface area (Å²) < 4.78 is 5.06. The molecule has 0 spiro atoms. The second-order valence-electron chi connectivity index (χ2n) is 3.16. The number of thiophene rings is 1. The molecule has 0 aliphatic carbocycles. The Kier molecular flexibility index (Phi) is 4.76. The second kappa shape index (κ2) is 5.86. The number of esters is 1. The molecule has 0 saturated heterocycles. The third-order valence-electron chi connectivity index (χ3n) is 2.05. The Morgan fingerprint density at radius 2 is 2.25 bits per heavy atom. The van der Waals surface area contributed by atoms with Crippen LogP contribution in [0.2, 0.25) is 4.34 Å². The first-order valence-electron chi connectivity index (χ1n) is 4.64. The molecule has 88 valence electrons. The number of halogens is 1. The molecule has 0 aromatic carbocycles. The molecule has 1 amide bonds. The molecule has 0 bridgehead atoms. The lowest BCUT2D eigenvalue weighted by molar-refractivity contribution is -0.141. The molecule has 6 heteroatoms. The number of ether oxygens (including phenoxy) is 1. The van der Waals surface area contributed by atoms with E-state index in [-0.39, 0.29) is 18.4 Å². The molecular formula is C10H12ClNO3S. The van der Waals surface area contributed by atoms with Gasteiger partial charge in [0.15, 0.2) is 0 Å². The van der Waals surface area contributed by atoms with Crippen molar-refractivity contribution in [1.82, 2.24) is 5.32 Å². The Hall–Kier alpha value is -1.07. The third kappa shape index (κ3) is 3.50. The topological polar surface area (TPSA) is 55.4 Å². The number of hydrogen-bond acceptors (Lipinski definition) is 4. The van der Waals surface area contributed by atoms with Gasteiger partial charge in [0.25, 0.3) is 0 Å². The highest BCUT2D eigenvalue weighted by atomic mass is 35.5. The van der Waals surface area contributed by atoms with Crippen molar-refractivity contribution in [3.63, 3.8) is 0 Å². The number of amides is 1. The zero-order valence-corrected chi connectivity index (χ0v) is 10.5. The maximum atomic E-state index is 11.6. The van der Waals surface area contributed by atoms with Gasteiger partial charge in [-0.15, -0.1) is 11.3 Å². The number of carbonyl (C=O) groups is 2. The lowest BCUT2D eigenvalue weighted by Crippen LogP contribution is -2.32. The van der Waals surface area contributed by atoms with Crippen molar-refractivity contribution in [3.05, 3.63) is 21.3 Å². The summed E-state index contributed by atoms with van der Waals surface area (Å²) in [5, 5.41) is 2.49. The summed E-state index contributed by atoms with van der Waals surface area (Å²) in [6.45, 7) is 1.65. The quantitative estimate of drug-likeness (QED) is 0.841. The Bertz CT molecular complexity index is 391. The molecule has 1 heterocycles. The van der Waals surface area contributed by atoms with Crippen LogP contribution in [0.15, 0.2) is 12.1 Å². The first-order valence-corrected chi connectivity index (χ1v) is 5.83. The predicted molar refractivity (Wildman–Crippen MR) is 62.8 cm³/mol. The van der Waals surface area contributed by atoms with Crippen molar-refractivity contribution in [2.75, 3.05) is 13.7 Å². The van der Waals surface area contributed by atoms with E-state index in [0.29, 0.717) is 4.34 Å². The maximum Gasteiger partial charge on any atom is 0.325 e.